The van der Waals surface area contributed by atoms with Crippen molar-refractivity contribution in [2.75, 3.05) is 24.6 Å². The van der Waals surface area contributed by atoms with E-state index in [0.29, 0.717) is 30.4 Å². The molecular weight excluding hydrogens is 417 g/mol. The first-order valence-corrected chi connectivity index (χ1v) is 11.9. The first-order chi connectivity index (χ1) is 16.2. The standard InChI is InChI=1S/C26H30FN5O/c1-2-18-13-30-26(31-14-18)32-9-5-19(6-10-32)23-11-22(23)17-33-16-21-4-3-20(12-24(21)27)25-15-28-7-8-29-25/h3-4,7-8,12-15,19,22-23H,2,5-6,9-11,16-17H2,1H3/t22-,23+/m0/s1. The quantitative estimate of drug-likeness (QED) is 0.499. The predicted octanol–water partition coefficient (Wildman–Crippen LogP) is 4.70. The molecule has 33 heavy (non-hydrogen) atoms. The lowest BCUT2D eigenvalue weighted by Gasteiger charge is -2.32. The summed E-state index contributed by atoms with van der Waals surface area (Å²) in [6.07, 6.45) is 13.3. The van der Waals surface area contributed by atoms with E-state index in [1.165, 1.54) is 30.9 Å². The van der Waals surface area contributed by atoms with Crippen LogP contribution in [0.25, 0.3) is 11.3 Å². The first-order valence-electron chi connectivity index (χ1n) is 11.9. The van der Waals surface area contributed by atoms with E-state index in [1.54, 1.807) is 24.7 Å². The second kappa shape index (κ2) is 9.91. The molecule has 172 valence electrons. The topological polar surface area (TPSA) is 64.0 Å². The zero-order chi connectivity index (χ0) is 22.6. The molecule has 0 amide bonds. The number of aromatic nitrogens is 4. The van der Waals surface area contributed by atoms with Crippen LogP contribution in [0.5, 0.6) is 0 Å². The van der Waals surface area contributed by atoms with E-state index in [2.05, 4.69) is 31.8 Å². The van der Waals surface area contributed by atoms with Gasteiger partial charge >= 0.3 is 0 Å². The van der Waals surface area contributed by atoms with E-state index in [9.17, 15) is 4.39 Å². The van der Waals surface area contributed by atoms with Crippen molar-refractivity contribution in [3.8, 4) is 11.3 Å². The van der Waals surface area contributed by atoms with Gasteiger partial charge in [-0.2, -0.15) is 0 Å². The van der Waals surface area contributed by atoms with Crippen molar-refractivity contribution >= 4 is 5.95 Å². The molecule has 2 aromatic heterocycles. The molecule has 0 N–H and O–H groups in total. The van der Waals surface area contributed by atoms with Crippen LogP contribution in [0.15, 0.2) is 49.2 Å². The molecule has 0 spiro atoms. The SMILES string of the molecule is CCc1cnc(N2CCC([C@H]3C[C@H]3COCc3ccc(-c4cnccn4)cc3F)CC2)nc1. The molecule has 1 aliphatic carbocycles. The van der Waals surface area contributed by atoms with Gasteiger partial charge in [0.25, 0.3) is 0 Å². The molecule has 1 saturated carbocycles. The van der Waals surface area contributed by atoms with Crippen LogP contribution in [0, 0.1) is 23.6 Å². The summed E-state index contributed by atoms with van der Waals surface area (Å²) in [4.78, 5) is 19.6. The van der Waals surface area contributed by atoms with Gasteiger partial charge < -0.3 is 9.64 Å². The minimum atomic E-state index is -0.257. The molecular formula is C26H30FN5O. The maximum absolute atomic E-state index is 14.5. The van der Waals surface area contributed by atoms with Crippen LogP contribution in [-0.2, 0) is 17.8 Å². The molecule has 0 radical (unpaired) electrons. The second-order valence-corrected chi connectivity index (χ2v) is 9.14. The number of halogens is 1. The Bertz CT molecular complexity index is 1050. The predicted molar refractivity (Wildman–Crippen MR) is 125 cm³/mol. The van der Waals surface area contributed by atoms with Crippen LogP contribution in [0.3, 0.4) is 0 Å². The van der Waals surface area contributed by atoms with Gasteiger partial charge in [0.2, 0.25) is 5.95 Å². The monoisotopic (exact) mass is 447 g/mol. The number of piperidine rings is 1. The maximum atomic E-state index is 14.5. The molecule has 1 aliphatic heterocycles. The number of aryl methyl sites for hydroxylation is 1. The maximum Gasteiger partial charge on any atom is 0.225 e. The van der Waals surface area contributed by atoms with E-state index >= 15 is 0 Å². The van der Waals surface area contributed by atoms with Crippen molar-refractivity contribution in [1.29, 1.82) is 0 Å². The highest BCUT2D eigenvalue weighted by Crippen LogP contribution is 2.48. The number of nitrogens with zero attached hydrogens (tertiary/aromatic N) is 5. The summed E-state index contributed by atoms with van der Waals surface area (Å²) in [5, 5.41) is 0. The average Bonchev–Trinajstić information content (AvgIpc) is 3.65. The molecule has 1 aromatic carbocycles. The molecule has 0 bridgehead atoms. The average molecular weight is 448 g/mol. The number of hydrogen-bond donors (Lipinski definition) is 0. The highest BCUT2D eigenvalue weighted by Gasteiger charge is 2.43. The minimum absolute atomic E-state index is 0.257. The van der Waals surface area contributed by atoms with Gasteiger partial charge in [-0.05, 0) is 55.1 Å². The number of rotatable bonds is 8. The molecule has 7 heteroatoms. The Labute approximate surface area is 194 Å². The van der Waals surface area contributed by atoms with Crippen molar-refractivity contribution in [2.24, 2.45) is 17.8 Å². The zero-order valence-corrected chi connectivity index (χ0v) is 19.0. The highest BCUT2D eigenvalue weighted by molar-refractivity contribution is 5.58. The van der Waals surface area contributed by atoms with Gasteiger partial charge in [-0.15, -0.1) is 0 Å². The van der Waals surface area contributed by atoms with Crippen LogP contribution in [0.2, 0.25) is 0 Å². The van der Waals surface area contributed by atoms with Gasteiger partial charge in [-0.25, -0.2) is 14.4 Å². The Morgan fingerprint density at radius 1 is 1.06 bits per heavy atom. The van der Waals surface area contributed by atoms with Crippen LogP contribution < -0.4 is 4.90 Å². The smallest absolute Gasteiger partial charge is 0.225 e. The zero-order valence-electron chi connectivity index (χ0n) is 19.0. The van der Waals surface area contributed by atoms with E-state index in [4.69, 9.17) is 4.74 Å². The first kappa shape index (κ1) is 21.9. The fourth-order valence-electron chi connectivity index (χ4n) is 4.85. The Hall–Kier alpha value is -2.93. The third-order valence-corrected chi connectivity index (χ3v) is 7.01. The molecule has 1 saturated heterocycles. The van der Waals surface area contributed by atoms with E-state index in [-0.39, 0.29) is 5.82 Å². The lowest BCUT2D eigenvalue weighted by molar-refractivity contribution is 0.102. The van der Waals surface area contributed by atoms with Crippen molar-refractivity contribution < 1.29 is 9.13 Å². The molecule has 0 unspecified atom stereocenters. The summed E-state index contributed by atoms with van der Waals surface area (Å²) >= 11 is 0. The molecule has 6 nitrogen and oxygen atoms in total. The summed E-state index contributed by atoms with van der Waals surface area (Å²) in [5.74, 6) is 2.68. The van der Waals surface area contributed by atoms with Crippen LogP contribution in [-0.4, -0.2) is 39.6 Å². The Balaban J connectivity index is 1.06. The Kier molecular flexibility index (Phi) is 6.58. The fraction of sp³-hybridized carbons (Fsp3) is 0.462. The lowest BCUT2D eigenvalue weighted by Crippen LogP contribution is -2.35. The summed E-state index contributed by atoms with van der Waals surface area (Å²) in [6, 6.07) is 5.17. The van der Waals surface area contributed by atoms with Crippen molar-refractivity contribution in [3.63, 3.8) is 0 Å². The van der Waals surface area contributed by atoms with Crippen LogP contribution in [0.4, 0.5) is 10.3 Å². The highest BCUT2D eigenvalue weighted by atomic mass is 19.1. The lowest BCUT2D eigenvalue weighted by atomic mass is 9.91. The van der Waals surface area contributed by atoms with Gasteiger partial charge in [0.05, 0.1) is 25.1 Å². The largest absolute Gasteiger partial charge is 0.376 e. The molecule has 2 aliphatic rings. The van der Waals surface area contributed by atoms with E-state index in [1.807, 2.05) is 18.5 Å². The van der Waals surface area contributed by atoms with E-state index < -0.39 is 0 Å². The number of hydrogen-bond acceptors (Lipinski definition) is 6. The van der Waals surface area contributed by atoms with Gasteiger partial charge in [0.15, 0.2) is 0 Å². The fourth-order valence-corrected chi connectivity index (χ4v) is 4.85. The summed E-state index contributed by atoms with van der Waals surface area (Å²) in [6.45, 7) is 5.16. The van der Waals surface area contributed by atoms with Gasteiger partial charge in [-0.3, -0.25) is 9.97 Å². The van der Waals surface area contributed by atoms with Crippen molar-refractivity contribution in [2.45, 2.75) is 39.2 Å². The molecule has 3 aromatic rings. The van der Waals surface area contributed by atoms with Gasteiger partial charge in [0, 0.05) is 49.0 Å². The van der Waals surface area contributed by atoms with Gasteiger partial charge in [0.1, 0.15) is 5.82 Å². The molecule has 2 atom stereocenters. The van der Waals surface area contributed by atoms with Crippen molar-refractivity contribution in [3.05, 3.63) is 66.1 Å². The molecule has 2 fully saturated rings. The molecule has 3 heterocycles. The normalized spacial score (nSPS) is 20.7. The number of ether oxygens (including phenoxy) is 1. The number of benzene rings is 1. The Morgan fingerprint density at radius 3 is 2.58 bits per heavy atom. The van der Waals surface area contributed by atoms with Crippen LogP contribution >= 0.6 is 0 Å². The summed E-state index contributed by atoms with van der Waals surface area (Å²) in [5.41, 5.74) is 3.16. The summed E-state index contributed by atoms with van der Waals surface area (Å²) < 4.78 is 20.4. The van der Waals surface area contributed by atoms with Crippen molar-refractivity contribution in [1.82, 2.24) is 19.9 Å². The second-order valence-electron chi connectivity index (χ2n) is 9.14. The van der Waals surface area contributed by atoms with Gasteiger partial charge in [-0.1, -0.05) is 19.1 Å². The third-order valence-electron chi connectivity index (χ3n) is 7.01. The minimum Gasteiger partial charge on any atom is -0.376 e. The Morgan fingerprint density at radius 2 is 1.88 bits per heavy atom. The molecule has 5 rings (SSSR count). The van der Waals surface area contributed by atoms with E-state index in [0.717, 1.165) is 42.9 Å². The number of anilines is 1. The summed E-state index contributed by atoms with van der Waals surface area (Å²) in [7, 11) is 0. The van der Waals surface area contributed by atoms with Crippen LogP contribution in [0.1, 0.15) is 37.3 Å². The third kappa shape index (κ3) is 5.19.